The van der Waals surface area contributed by atoms with Crippen LogP contribution in [0.4, 0.5) is 0 Å². The van der Waals surface area contributed by atoms with E-state index in [4.69, 9.17) is 9.76 Å². The van der Waals surface area contributed by atoms with Gasteiger partial charge in [-0.1, -0.05) is 24.0 Å². The van der Waals surface area contributed by atoms with Gasteiger partial charge in [0.2, 0.25) is 5.88 Å². The Morgan fingerprint density at radius 3 is 2.74 bits per heavy atom. The average Bonchev–Trinajstić information content (AvgIpc) is 2.48. The summed E-state index contributed by atoms with van der Waals surface area (Å²) < 4.78 is 5.96. The van der Waals surface area contributed by atoms with E-state index in [0.717, 1.165) is 35.1 Å². The third-order valence-corrected chi connectivity index (χ3v) is 3.75. The summed E-state index contributed by atoms with van der Waals surface area (Å²) in [4.78, 5) is 4.54. The van der Waals surface area contributed by atoms with Gasteiger partial charge in [0, 0.05) is 6.07 Å². The Kier molecular flexibility index (Phi) is 3.69. The fraction of sp³-hybridized carbons (Fsp3) is 0.400. The third kappa shape index (κ3) is 2.90. The quantitative estimate of drug-likeness (QED) is 0.852. The zero-order chi connectivity index (χ0) is 13.1. The van der Waals surface area contributed by atoms with Crippen LogP contribution in [0.2, 0.25) is 0 Å². The largest absolute Gasteiger partial charge is 0.474 e. The first-order valence-electron chi connectivity index (χ1n) is 7.02. The Bertz CT molecular complexity index is 567. The van der Waals surface area contributed by atoms with Crippen LogP contribution in [-0.4, -0.2) is 23.6 Å². The molecule has 0 atom stereocenters. The Hall–Kier alpha value is -1.55. The van der Waals surface area contributed by atoms with Crippen molar-refractivity contribution in [2.24, 2.45) is 0 Å². The minimum atomic E-state index is 0.0657. The number of aromatic nitrogens is 1. The van der Waals surface area contributed by atoms with Crippen LogP contribution < -0.4 is 10.2 Å². The van der Waals surface area contributed by atoms with Crippen molar-refractivity contribution in [3.05, 3.63) is 30.3 Å². The van der Waals surface area contributed by atoms with Crippen LogP contribution in [-0.2, 0) is 0 Å². The van der Waals surface area contributed by atoms with E-state index in [1.807, 2.05) is 30.3 Å². The first kappa shape index (κ1) is 12.5. The molecule has 0 aliphatic heterocycles. The number of hydrogen-bond acceptors (Lipinski definition) is 3. The number of rotatable bonds is 3. The summed E-state index contributed by atoms with van der Waals surface area (Å²) in [5, 5.41) is 10.2. The molecule has 4 heteroatoms. The van der Waals surface area contributed by atoms with Crippen LogP contribution in [0.25, 0.3) is 10.9 Å². The van der Waals surface area contributed by atoms with Crippen molar-refractivity contribution in [3.63, 3.8) is 0 Å². The normalized spacial score (nSPS) is 16.5. The van der Waals surface area contributed by atoms with Crippen molar-refractivity contribution in [2.75, 3.05) is 0 Å². The van der Waals surface area contributed by atoms with E-state index >= 15 is 0 Å². The minimum absolute atomic E-state index is 0.0657. The molecule has 0 saturated heterocycles. The van der Waals surface area contributed by atoms with Gasteiger partial charge in [0.05, 0.1) is 5.52 Å². The predicted octanol–water partition coefficient (Wildman–Crippen LogP) is 1.92. The molecule has 1 aromatic carbocycles. The molecule has 2 aromatic rings. The lowest BCUT2D eigenvalue weighted by Crippen LogP contribution is -2.20. The molecule has 1 N–H and O–H groups in total. The fourth-order valence-electron chi connectivity index (χ4n) is 2.67. The molecular formula is C15H18BNO2. The first-order valence-corrected chi connectivity index (χ1v) is 7.02. The molecule has 1 aliphatic rings. The highest BCUT2D eigenvalue weighted by atomic mass is 16.5. The molecule has 0 unspecified atom stereocenters. The number of pyridine rings is 1. The van der Waals surface area contributed by atoms with Crippen molar-refractivity contribution in [3.8, 4) is 5.88 Å². The Morgan fingerprint density at radius 2 is 1.95 bits per heavy atom. The number of ether oxygens (including phenoxy) is 1. The van der Waals surface area contributed by atoms with Gasteiger partial charge in [0.25, 0.3) is 0 Å². The molecule has 0 spiro atoms. The molecule has 0 amide bonds. The smallest absolute Gasteiger partial charge is 0.304 e. The molecule has 98 valence electrons. The summed E-state index contributed by atoms with van der Waals surface area (Å²) >= 11 is 0. The van der Waals surface area contributed by atoms with Crippen molar-refractivity contribution in [1.82, 2.24) is 4.98 Å². The second-order valence-corrected chi connectivity index (χ2v) is 5.21. The number of nitrogens with zero attached hydrogens (tertiary/aromatic N) is 1. The Morgan fingerprint density at radius 1 is 1.11 bits per heavy atom. The van der Waals surface area contributed by atoms with Crippen molar-refractivity contribution < 1.29 is 9.76 Å². The van der Waals surface area contributed by atoms with E-state index in [0.29, 0.717) is 6.10 Å². The van der Waals surface area contributed by atoms with E-state index in [1.165, 1.54) is 19.3 Å². The van der Waals surface area contributed by atoms with Crippen molar-refractivity contribution in [2.45, 2.75) is 38.2 Å². The third-order valence-electron chi connectivity index (χ3n) is 3.75. The lowest BCUT2D eigenvalue weighted by molar-refractivity contribution is 0.149. The summed E-state index contributed by atoms with van der Waals surface area (Å²) in [7, 11) is 0.0657. The SMILES string of the molecule is OBc1ccc2nc(OC3CCCCC3)ccc2c1. The highest BCUT2D eigenvalue weighted by molar-refractivity contribution is 6.45. The van der Waals surface area contributed by atoms with Gasteiger partial charge >= 0.3 is 7.48 Å². The zero-order valence-electron chi connectivity index (χ0n) is 11.0. The van der Waals surface area contributed by atoms with Gasteiger partial charge in [-0.25, -0.2) is 4.98 Å². The Labute approximate surface area is 113 Å². The van der Waals surface area contributed by atoms with Crippen molar-refractivity contribution in [1.29, 1.82) is 0 Å². The lowest BCUT2D eigenvalue weighted by atomic mass is 9.88. The van der Waals surface area contributed by atoms with Gasteiger partial charge in [0.1, 0.15) is 6.10 Å². The van der Waals surface area contributed by atoms with Crippen LogP contribution in [0.15, 0.2) is 30.3 Å². The summed E-state index contributed by atoms with van der Waals surface area (Å²) in [6, 6.07) is 9.75. The van der Waals surface area contributed by atoms with E-state index in [2.05, 4.69) is 4.98 Å². The Balaban J connectivity index is 1.80. The summed E-state index contributed by atoms with van der Waals surface area (Å²) in [6.45, 7) is 0. The van der Waals surface area contributed by atoms with Crippen molar-refractivity contribution >= 4 is 23.8 Å². The van der Waals surface area contributed by atoms with Crippen LogP contribution >= 0.6 is 0 Å². The monoisotopic (exact) mass is 255 g/mol. The summed E-state index contributed by atoms with van der Waals surface area (Å²) in [5.74, 6) is 0.719. The maximum Gasteiger partial charge on any atom is 0.304 e. The standard InChI is InChI=1S/C15H18BNO2/c18-16-12-7-8-14-11(10-12)6-9-15(17-14)19-13-4-2-1-3-5-13/h6-10,13,16,18H,1-5H2. The molecule has 1 aromatic heterocycles. The molecule has 1 saturated carbocycles. The van der Waals surface area contributed by atoms with Gasteiger partial charge in [-0.05, 0) is 43.2 Å². The number of benzene rings is 1. The van der Waals surface area contributed by atoms with Gasteiger partial charge in [-0.15, -0.1) is 0 Å². The zero-order valence-corrected chi connectivity index (χ0v) is 11.0. The van der Waals surface area contributed by atoms with E-state index in [-0.39, 0.29) is 7.48 Å². The predicted molar refractivity (Wildman–Crippen MR) is 78.2 cm³/mol. The van der Waals surface area contributed by atoms with Crippen LogP contribution in [0, 0.1) is 0 Å². The fourth-order valence-corrected chi connectivity index (χ4v) is 2.67. The summed E-state index contributed by atoms with van der Waals surface area (Å²) in [5.41, 5.74) is 1.83. The summed E-state index contributed by atoms with van der Waals surface area (Å²) in [6.07, 6.45) is 6.47. The van der Waals surface area contributed by atoms with Gasteiger partial charge in [0.15, 0.2) is 0 Å². The lowest BCUT2D eigenvalue weighted by Gasteiger charge is -2.22. The molecule has 1 heterocycles. The van der Waals surface area contributed by atoms with Crippen LogP contribution in [0.5, 0.6) is 5.88 Å². The van der Waals surface area contributed by atoms with Gasteiger partial charge in [-0.2, -0.15) is 0 Å². The van der Waals surface area contributed by atoms with E-state index < -0.39 is 0 Å². The number of fused-ring (bicyclic) bond motifs is 1. The average molecular weight is 255 g/mol. The number of hydrogen-bond donors (Lipinski definition) is 1. The highest BCUT2D eigenvalue weighted by Crippen LogP contribution is 2.23. The molecule has 3 nitrogen and oxygen atoms in total. The van der Waals surface area contributed by atoms with Gasteiger partial charge < -0.3 is 9.76 Å². The molecular weight excluding hydrogens is 237 g/mol. The van der Waals surface area contributed by atoms with Gasteiger partial charge in [-0.3, -0.25) is 0 Å². The minimum Gasteiger partial charge on any atom is -0.474 e. The topological polar surface area (TPSA) is 42.4 Å². The highest BCUT2D eigenvalue weighted by Gasteiger charge is 2.15. The molecule has 1 aliphatic carbocycles. The second-order valence-electron chi connectivity index (χ2n) is 5.21. The molecule has 19 heavy (non-hydrogen) atoms. The maximum absolute atomic E-state index is 9.12. The first-order chi connectivity index (χ1) is 9.35. The van der Waals surface area contributed by atoms with E-state index in [1.54, 1.807) is 0 Å². The molecule has 0 radical (unpaired) electrons. The van der Waals surface area contributed by atoms with Crippen LogP contribution in [0.1, 0.15) is 32.1 Å². The molecule has 1 fully saturated rings. The van der Waals surface area contributed by atoms with E-state index in [9.17, 15) is 0 Å². The molecule has 3 rings (SSSR count). The molecule has 0 bridgehead atoms. The maximum atomic E-state index is 9.12. The second kappa shape index (κ2) is 5.62. The van der Waals surface area contributed by atoms with Crippen LogP contribution in [0.3, 0.4) is 0 Å².